The molecule has 2 aliphatic heterocycles. The highest BCUT2D eigenvalue weighted by atomic mass is 35.5. The van der Waals surface area contributed by atoms with Crippen molar-refractivity contribution in [3.05, 3.63) is 0 Å². The molecule has 1 saturated carbocycles. The Bertz CT molecular complexity index is 356. The molecular formula is C17H33Cl2N3O. The summed E-state index contributed by atoms with van der Waals surface area (Å²) in [7, 11) is 0. The minimum atomic E-state index is 0. The molecule has 0 spiro atoms. The summed E-state index contributed by atoms with van der Waals surface area (Å²) in [5.41, 5.74) is 0. The van der Waals surface area contributed by atoms with E-state index in [1.54, 1.807) is 0 Å². The molecule has 0 bridgehead atoms. The van der Waals surface area contributed by atoms with E-state index in [2.05, 4.69) is 22.5 Å². The third kappa shape index (κ3) is 5.48. The van der Waals surface area contributed by atoms with Crippen LogP contribution in [-0.2, 0) is 4.79 Å². The minimum absolute atomic E-state index is 0. The zero-order chi connectivity index (χ0) is 14.7. The highest BCUT2D eigenvalue weighted by molar-refractivity contribution is 5.85. The van der Waals surface area contributed by atoms with Gasteiger partial charge in [0.1, 0.15) is 0 Å². The van der Waals surface area contributed by atoms with Crippen LogP contribution in [0.4, 0.5) is 0 Å². The van der Waals surface area contributed by atoms with Crippen LogP contribution in [0.2, 0.25) is 0 Å². The van der Waals surface area contributed by atoms with Crippen molar-refractivity contribution in [2.75, 3.05) is 19.6 Å². The summed E-state index contributed by atoms with van der Waals surface area (Å²) < 4.78 is 0. The molecule has 2 saturated heterocycles. The van der Waals surface area contributed by atoms with Crippen LogP contribution in [0.1, 0.15) is 58.3 Å². The number of likely N-dealkylation sites (tertiary alicyclic amines) is 1. The molecule has 1 aliphatic carbocycles. The largest absolute Gasteiger partial charge is 0.353 e. The van der Waals surface area contributed by atoms with E-state index in [0.29, 0.717) is 12.1 Å². The van der Waals surface area contributed by atoms with E-state index >= 15 is 0 Å². The molecule has 136 valence electrons. The summed E-state index contributed by atoms with van der Waals surface area (Å²) in [5, 5.41) is 6.72. The average Bonchev–Trinajstić information content (AvgIpc) is 2.93. The minimum Gasteiger partial charge on any atom is -0.353 e. The van der Waals surface area contributed by atoms with E-state index < -0.39 is 0 Å². The van der Waals surface area contributed by atoms with Crippen molar-refractivity contribution in [1.82, 2.24) is 15.5 Å². The van der Waals surface area contributed by atoms with E-state index in [0.717, 1.165) is 25.4 Å². The third-order valence-corrected chi connectivity index (χ3v) is 5.82. The fourth-order valence-corrected chi connectivity index (χ4v) is 4.46. The van der Waals surface area contributed by atoms with Crippen LogP contribution in [0.5, 0.6) is 0 Å². The highest BCUT2D eigenvalue weighted by Crippen LogP contribution is 2.33. The number of nitrogens with zero attached hydrogens (tertiary/aromatic N) is 1. The van der Waals surface area contributed by atoms with Gasteiger partial charge in [-0.15, -0.1) is 24.8 Å². The summed E-state index contributed by atoms with van der Waals surface area (Å²) in [6, 6.07) is 1.36. The zero-order valence-corrected chi connectivity index (χ0v) is 15.9. The first kappa shape index (κ1) is 21.0. The van der Waals surface area contributed by atoms with Crippen molar-refractivity contribution in [2.24, 2.45) is 5.92 Å². The number of fused-ring (bicyclic) bond motifs is 1. The highest BCUT2D eigenvalue weighted by Gasteiger charge is 2.38. The van der Waals surface area contributed by atoms with Gasteiger partial charge >= 0.3 is 0 Å². The normalized spacial score (nSPS) is 34.0. The summed E-state index contributed by atoms with van der Waals surface area (Å²) in [5.74, 6) is 0.977. The first-order valence-corrected chi connectivity index (χ1v) is 9.02. The van der Waals surface area contributed by atoms with Gasteiger partial charge in [0.05, 0.1) is 6.04 Å². The molecule has 0 aromatic carbocycles. The Morgan fingerprint density at radius 3 is 2.61 bits per heavy atom. The smallest absolute Gasteiger partial charge is 0.237 e. The number of amides is 1. The molecule has 3 rings (SSSR count). The van der Waals surface area contributed by atoms with Crippen molar-refractivity contribution in [3.8, 4) is 0 Å². The van der Waals surface area contributed by atoms with Crippen molar-refractivity contribution in [1.29, 1.82) is 0 Å². The number of halogens is 2. The summed E-state index contributed by atoms with van der Waals surface area (Å²) in [6.45, 7) is 5.32. The zero-order valence-electron chi connectivity index (χ0n) is 14.3. The van der Waals surface area contributed by atoms with Crippen molar-refractivity contribution < 1.29 is 4.79 Å². The molecule has 0 aromatic rings. The van der Waals surface area contributed by atoms with E-state index in [4.69, 9.17) is 0 Å². The number of nitrogens with one attached hydrogen (secondary N) is 2. The lowest BCUT2D eigenvalue weighted by molar-refractivity contribution is -0.123. The quantitative estimate of drug-likeness (QED) is 0.804. The molecule has 2 heterocycles. The summed E-state index contributed by atoms with van der Waals surface area (Å²) in [6.07, 6.45) is 10.3. The fraction of sp³-hybridized carbons (Fsp3) is 0.941. The Morgan fingerprint density at radius 2 is 1.87 bits per heavy atom. The summed E-state index contributed by atoms with van der Waals surface area (Å²) in [4.78, 5) is 14.8. The van der Waals surface area contributed by atoms with Gasteiger partial charge in [0.25, 0.3) is 0 Å². The van der Waals surface area contributed by atoms with Gasteiger partial charge < -0.3 is 10.6 Å². The second-order valence-electron chi connectivity index (χ2n) is 7.28. The van der Waals surface area contributed by atoms with Gasteiger partial charge in [0, 0.05) is 25.2 Å². The van der Waals surface area contributed by atoms with E-state index in [1.165, 1.54) is 51.5 Å². The average molecular weight is 366 g/mol. The maximum absolute atomic E-state index is 12.3. The Hall–Kier alpha value is -0.0300. The molecule has 6 heteroatoms. The molecule has 0 aromatic heterocycles. The third-order valence-electron chi connectivity index (χ3n) is 5.82. The second-order valence-corrected chi connectivity index (χ2v) is 7.28. The van der Waals surface area contributed by atoms with Crippen LogP contribution in [0.3, 0.4) is 0 Å². The SMILES string of the molecule is CC1CCCCN1CCNC(=O)C1CC2CCCCC2N1.Cl.Cl. The van der Waals surface area contributed by atoms with Gasteiger partial charge in [0.15, 0.2) is 0 Å². The van der Waals surface area contributed by atoms with Gasteiger partial charge in [-0.1, -0.05) is 19.3 Å². The Labute approximate surface area is 153 Å². The molecule has 23 heavy (non-hydrogen) atoms. The molecule has 0 radical (unpaired) electrons. The molecule has 4 unspecified atom stereocenters. The van der Waals surface area contributed by atoms with Crippen LogP contribution < -0.4 is 10.6 Å². The Balaban J connectivity index is 0.00000132. The molecule has 3 fully saturated rings. The number of carbonyl (C=O) groups excluding carboxylic acids is 1. The lowest BCUT2D eigenvalue weighted by Crippen LogP contribution is -2.47. The fourth-order valence-electron chi connectivity index (χ4n) is 4.46. The predicted octanol–water partition coefficient (Wildman–Crippen LogP) is 2.74. The number of rotatable bonds is 4. The Morgan fingerprint density at radius 1 is 1.13 bits per heavy atom. The lowest BCUT2D eigenvalue weighted by Gasteiger charge is -2.33. The molecule has 4 atom stereocenters. The molecule has 4 nitrogen and oxygen atoms in total. The summed E-state index contributed by atoms with van der Waals surface area (Å²) >= 11 is 0. The van der Waals surface area contributed by atoms with Crippen LogP contribution in [0, 0.1) is 5.92 Å². The van der Waals surface area contributed by atoms with Gasteiger partial charge in [-0.3, -0.25) is 9.69 Å². The number of hydrogen-bond donors (Lipinski definition) is 2. The van der Waals surface area contributed by atoms with Gasteiger partial charge in [-0.2, -0.15) is 0 Å². The van der Waals surface area contributed by atoms with Crippen LogP contribution >= 0.6 is 24.8 Å². The Kier molecular flexibility index (Phi) is 9.20. The lowest BCUT2D eigenvalue weighted by atomic mass is 9.85. The van der Waals surface area contributed by atoms with E-state index in [1.807, 2.05) is 0 Å². The molecule has 1 amide bonds. The number of carbonyl (C=O) groups is 1. The predicted molar refractivity (Wildman–Crippen MR) is 99.7 cm³/mol. The molecule has 3 aliphatic rings. The molecule has 2 N–H and O–H groups in total. The van der Waals surface area contributed by atoms with Gasteiger partial charge in [-0.05, 0) is 51.5 Å². The number of hydrogen-bond acceptors (Lipinski definition) is 3. The first-order valence-electron chi connectivity index (χ1n) is 9.02. The van der Waals surface area contributed by atoms with E-state index in [9.17, 15) is 4.79 Å². The van der Waals surface area contributed by atoms with Gasteiger partial charge in [0.2, 0.25) is 5.91 Å². The standard InChI is InChI=1S/C17H31N3O.2ClH/c1-13-6-4-5-10-20(13)11-9-18-17(21)16-12-14-7-2-3-8-15(14)19-16;;/h13-16,19H,2-12H2,1H3,(H,18,21);2*1H. The van der Waals surface area contributed by atoms with Crippen molar-refractivity contribution >= 4 is 30.7 Å². The monoisotopic (exact) mass is 365 g/mol. The van der Waals surface area contributed by atoms with E-state index in [-0.39, 0.29) is 36.8 Å². The van der Waals surface area contributed by atoms with Crippen molar-refractivity contribution in [3.63, 3.8) is 0 Å². The van der Waals surface area contributed by atoms with Crippen LogP contribution in [0.25, 0.3) is 0 Å². The molecular weight excluding hydrogens is 333 g/mol. The number of piperidine rings is 1. The topological polar surface area (TPSA) is 44.4 Å². The maximum Gasteiger partial charge on any atom is 0.237 e. The van der Waals surface area contributed by atoms with Gasteiger partial charge in [-0.25, -0.2) is 0 Å². The van der Waals surface area contributed by atoms with Crippen LogP contribution in [0.15, 0.2) is 0 Å². The first-order chi connectivity index (χ1) is 10.2. The van der Waals surface area contributed by atoms with Crippen LogP contribution in [-0.4, -0.2) is 48.6 Å². The maximum atomic E-state index is 12.3. The second kappa shape index (κ2) is 10.1. The van der Waals surface area contributed by atoms with Crippen molar-refractivity contribution in [2.45, 2.75) is 76.4 Å².